The molecule has 2 aromatic heterocycles. The summed E-state index contributed by atoms with van der Waals surface area (Å²) in [5.74, 6) is 0.646. The minimum Gasteiger partial charge on any atom is -0.369 e. The topological polar surface area (TPSA) is 78.9 Å². The number of aromatic nitrogens is 4. The number of nitriles is 1. The van der Waals surface area contributed by atoms with E-state index in [-0.39, 0.29) is 6.54 Å². The van der Waals surface area contributed by atoms with Gasteiger partial charge in [-0.25, -0.2) is 0 Å². The monoisotopic (exact) mass is 222 g/mol. The van der Waals surface area contributed by atoms with E-state index >= 15 is 0 Å². The molecule has 0 fully saturated rings. The van der Waals surface area contributed by atoms with Crippen molar-refractivity contribution in [2.24, 2.45) is 0 Å². The number of halogens is 1. The second-order valence-electron chi connectivity index (χ2n) is 2.88. The van der Waals surface area contributed by atoms with Crippen molar-refractivity contribution in [2.75, 3.05) is 11.9 Å². The SMILES string of the molecule is Cc1nnc2c(NCC#N)cc(Cl)nn12. The summed E-state index contributed by atoms with van der Waals surface area (Å²) < 4.78 is 1.53. The second kappa shape index (κ2) is 3.71. The summed E-state index contributed by atoms with van der Waals surface area (Å²) in [6.07, 6.45) is 0. The molecule has 7 heteroatoms. The lowest BCUT2D eigenvalue weighted by atomic mass is 10.4. The molecule has 0 aliphatic carbocycles. The average molecular weight is 223 g/mol. The molecule has 6 nitrogen and oxygen atoms in total. The summed E-state index contributed by atoms with van der Waals surface area (Å²) in [6, 6.07) is 3.59. The summed E-state index contributed by atoms with van der Waals surface area (Å²) in [4.78, 5) is 0. The lowest BCUT2D eigenvalue weighted by Crippen LogP contribution is -2.03. The Balaban J connectivity index is 2.57. The third kappa shape index (κ3) is 1.69. The number of hydrogen-bond acceptors (Lipinski definition) is 5. The van der Waals surface area contributed by atoms with Gasteiger partial charge in [0.15, 0.2) is 11.0 Å². The van der Waals surface area contributed by atoms with Gasteiger partial charge in [-0.1, -0.05) is 11.6 Å². The summed E-state index contributed by atoms with van der Waals surface area (Å²) in [7, 11) is 0. The minimum atomic E-state index is 0.182. The highest BCUT2D eigenvalue weighted by Gasteiger charge is 2.08. The number of hydrogen-bond donors (Lipinski definition) is 1. The molecule has 0 unspecified atom stereocenters. The van der Waals surface area contributed by atoms with Crippen molar-refractivity contribution in [3.63, 3.8) is 0 Å². The summed E-state index contributed by atoms with van der Waals surface area (Å²) >= 11 is 5.82. The third-order valence-electron chi connectivity index (χ3n) is 1.85. The van der Waals surface area contributed by atoms with Crippen LogP contribution in [0.4, 0.5) is 5.69 Å². The Morgan fingerprint density at radius 2 is 2.40 bits per heavy atom. The first kappa shape index (κ1) is 9.68. The summed E-state index contributed by atoms with van der Waals surface area (Å²) in [6.45, 7) is 1.96. The molecule has 0 aromatic carbocycles. The van der Waals surface area contributed by atoms with Crippen LogP contribution in [0.25, 0.3) is 5.65 Å². The Bertz CT molecular complexity index is 540. The molecule has 0 atom stereocenters. The number of fused-ring (bicyclic) bond motifs is 1. The van der Waals surface area contributed by atoms with Crippen molar-refractivity contribution in [1.29, 1.82) is 5.26 Å². The highest BCUT2D eigenvalue weighted by atomic mass is 35.5. The van der Waals surface area contributed by atoms with Gasteiger partial charge in [-0.2, -0.15) is 14.9 Å². The van der Waals surface area contributed by atoms with E-state index < -0.39 is 0 Å². The summed E-state index contributed by atoms with van der Waals surface area (Å²) in [5, 5.41) is 23.5. The predicted octanol–water partition coefficient (Wildman–Crippen LogP) is 1.02. The van der Waals surface area contributed by atoms with Crippen LogP contribution in [0.2, 0.25) is 5.15 Å². The molecule has 0 aliphatic rings. The van der Waals surface area contributed by atoms with E-state index in [4.69, 9.17) is 16.9 Å². The molecule has 2 heterocycles. The predicted molar refractivity (Wildman–Crippen MR) is 54.6 cm³/mol. The molecule has 0 saturated heterocycles. The third-order valence-corrected chi connectivity index (χ3v) is 2.04. The van der Waals surface area contributed by atoms with Crippen molar-refractivity contribution in [3.05, 3.63) is 17.0 Å². The van der Waals surface area contributed by atoms with Gasteiger partial charge in [0.25, 0.3) is 0 Å². The van der Waals surface area contributed by atoms with Crippen molar-refractivity contribution >= 4 is 22.9 Å². The molecule has 2 rings (SSSR count). The van der Waals surface area contributed by atoms with E-state index in [0.29, 0.717) is 22.3 Å². The molecule has 0 spiro atoms. The zero-order valence-corrected chi connectivity index (χ0v) is 8.65. The largest absolute Gasteiger partial charge is 0.369 e. The smallest absolute Gasteiger partial charge is 0.201 e. The first-order chi connectivity index (χ1) is 7.22. The Morgan fingerprint density at radius 3 is 3.13 bits per heavy atom. The number of anilines is 1. The van der Waals surface area contributed by atoms with Crippen LogP contribution >= 0.6 is 11.6 Å². The van der Waals surface area contributed by atoms with Crippen LogP contribution in [0.15, 0.2) is 6.07 Å². The normalized spacial score (nSPS) is 10.2. The molecular weight excluding hydrogens is 216 g/mol. The van der Waals surface area contributed by atoms with E-state index in [9.17, 15) is 0 Å². The van der Waals surface area contributed by atoms with Crippen molar-refractivity contribution in [3.8, 4) is 6.07 Å². The van der Waals surface area contributed by atoms with Gasteiger partial charge in [0.05, 0.1) is 11.8 Å². The van der Waals surface area contributed by atoms with Crippen LogP contribution in [0.5, 0.6) is 0 Å². The molecule has 15 heavy (non-hydrogen) atoms. The molecule has 0 aliphatic heterocycles. The number of nitrogens with one attached hydrogen (secondary N) is 1. The van der Waals surface area contributed by atoms with E-state index in [1.54, 1.807) is 13.0 Å². The fourth-order valence-corrected chi connectivity index (χ4v) is 1.40. The van der Waals surface area contributed by atoms with Crippen molar-refractivity contribution < 1.29 is 0 Å². The lowest BCUT2D eigenvalue weighted by molar-refractivity contribution is 0.875. The van der Waals surface area contributed by atoms with Gasteiger partial charge < -0.3 is 5.32 Å². The van der Waals surface area contributed by atoms with Gasteiger partial charge >= 0.3 is 0 Å². The van der Waals surface area contributed by atoms with E-state index in [2.05, 4.69) is 20.6 Å². The highest BCUT2D eigenvalue weighted by molar-refractivity contribution is 6.29. The maximum Gasteiger partial charge on any atom is 0.201 e. The van der Waals surface area contributed by atoms with Crippen molar-refractivity contribution in [2.45, 2.75) is 6.92 Å². The maximum atomic E-state index is 8.47. The standard InChI is InChI=1S/C8H7ClN6/c1-5-12-13-8-6(11-3-2-10)4-7(9)14-15(5)8/h4,11H,3H2,1H3. The van der Waals surface area contributed by atoms with E-state index in [0.717, 1.165) is 0 Å². The lowest BCUT2D eigenvalue weighted by Gasteiger charge is -2.03. The first-order valence-electron chi connectivity index (χ1n) is 4.22. The second-order valence-corrected chi connectivity index (χ2v) is 3.26. The van der Waals surface area contributed by atoms with E-state index in [1.807, 2.05) is 6.07 Å². The van der Waals surface area contributed by atoms with Gasteiger partial charge in [-0.15, -0.1) is 10.2 Å². The van der Waals surface area contributed by atoms with Gasteiger partial charge in [0, 0.05) is 6.07 Å². The molecule has 76 valence electrons. The number of aryl methyl sites for hydroxylation is 1. The van der Waals surface area contributed by atoms with Crippen LogP contribution < -0.4 is 5.32 Å². The zero-order chi connectivity index (χ0) is 10.8. The molecule has 0 saturated carbocycles. The Labute approximate surface area is 90.5 Å². The van der Waals surface area contributed by atoms with Crippen LogP contribution in [0.3, 0.4) is 0 Å². The molecule has 1 N–H and O–H groups in total. The molecular formula is C8H7ClN6. The molecule has 0 amide bonds. The quantitative estimate of drug-likeness (QED) is 0.768. The van der Waals surface area contributed by atoms with Crippen LogP contribution in [-0.4, -0.2) is 26.4 Å². The van der Waals surface area contributed by atoms with Crippen molar-refractivity contribution in [1.82, 2.24) is 19.8 Å². The Morgan fingerprint density at radius 1 is 1.60 bits per heavy atom. The van der Waals surface area contributed by atoms with Gasteiger partial charge in [-0.3, -0.25) is 0 Å². The Hall–Kier alpha value is -1.87. The van der Waals surface area contributed by atoms with Crippen LogP contribution in [0.1, 0.15) is 5.82 Å². The fourth-order valence-electron chi connectivity index (χ4n) is 1.22. The first-order valence-corrected chi connectivity index (χ1v) is 4.59. The van der Waals surface area contributed by atoms with E-state index in [1.165, 1.54) is 4.52 Å². The molecule has 2 aromatic rings. The van der Waals surface area contributed by atoms with Gasteiger partial charge in [0.1, 0.15) is 6.54 Å². The molecule has 0 bridgehead atoms. The van der Waals surface area contributed by atoms with Gasteiger partial charge in [0.2, 0.25) is 5.65 Å². The summed E-state index contributed by atoms with van der Waals surface area (Å²) in [5.41, 5.74) is 1.21. The van der Waals surface area contributed by atoms with Crippen LogP contribution in [-0.2, 0) is 0 Å². The van der Waals surface area contributed by atoms with Crippen LogP contribution in [0, 0.1) is 18.3 Å². The fraction of sp³-hybridized carbons (Fsp3) is 0.250. The maximum absolute atomic E-state index is 8.47. The Kier molecular flexibility index (Phi) is 2.39. The minimum absolute atomic E-state index is 0.182. The van der Waals surface area contributed by atoms with Gasteiger partial charge in [-0.05, 0) is 6.92 Å². The molecule has 0 radical (unpaired) electrons. The average Bonchev–Trinajstić information content (AvgIpc) is 2.57. The number of rotatable bonds is 2. The zero-order valence-electron chi connectivity index (χ0n) is 7.90. The number of nitrogens with zero attached hydrogens (tertiary/aromatic N) is 5. The highest BCUT2D eigenvalue weighted by Crippen LogP contribution is 2.18.